The molecule has 0 spiro atoms. The molecule has 0 saturated carbocycles. The van der Waals surface area contributed by atoms with Crippen molar-refractivity contribution in [2.75, 3.05) is 13.1 Å². The first-order chi connectivity index (χ1) is 7.33. The van der Waals surface area contributed by atoms with E-state index in [1.165, 1.54) is 0 Å². The summed E-state index contributed by atoms with van der Waals surface area (Å²) in [6, 6.07) is 1.90. The maximum atomic E-state index is 10.9. The third kappa shape index (κ3) is 1.45. The normalized spacial score (nSPS) is 21.2. The van der Waals surface area contributed by atoms with E-state index in [0.717, 1.165) is 25.1 Å². The molecule has 78 valence electrons. The van der Waals surface area contributed by atoms with Crippen LogP contribution in [0.4, 0.5) is 0 Å². The third-order valence-electron chi connectivity index (χ3n) is 2.83. The number of nitrogens with one attached hydrogen (secondary N) is 2. The van der Waals surface area contributed by atoms with Crippen LogP contribution >= 0.6 is 0 Å². The highest BCUT2D eigenvalue weighted by atomic mass is 16.4. The smallest absolute Gasteiger partial charge is 0.406 e. The highest BCUT2D eigenvalue weighted by Crippen LogP contribution is 2.23. The van der Waals surface area contributed by atoms with E-state index in [2.05, 4.69) is 15.3 Å². The van der Waals surface area contributed by atoms with E-state index < -0.39 is 5.76 Å². The lowest BCUT2D eigenvalue weighted by atomic mass is 10.0. The number of hydrogen-bond donors (Lipinski definition) is 2. The first-order valence-electron chi connectivity index (χ1n) is 5.02. The summed E-state index contributed by atoms with van der Waals surface area (Å²) in [5.74, 6) is 0.0429. The zero-order chi connectivity index (χ0) is 10.3. The van der Waals surface area contributed by atoms with E-state index in [-0.39, 0.29) is 0 Å². The quantitative estimate of drug-likeness (QED) is 0.715. The van der Waals surface area contributed by atoms with Crippen LogP contribution in [0.3, 0.4) is 0 Å². The van der Waals surface area contributed by atoms with Gasteiger partial charge in [-0.15, -0.1) is 0 Å². The van der Waals surface area contributed by atoms with Crippen molar-refractivity contribution in [2.24, 2.45) is 0 Å². The third-order valence-corrected chi connectivity index (χ3v) is 2.83. The molecule has 1 unspecified atom stereocenters. The minimum Gasteiger partial charge on any atom is -0.406 e. The lowest BCUT2D eigenvalue weighted by molar-refractivity contribution is 0.554. The Kier molecular flexibility index (Phi) is 1.85. The maximum Gasteiger partial charge on any atom is 0.418 e. The molecule has 0 amide bonds. The molecular formula is C10H11N3O2. The van der Waals surface area contributed by atoms with Crippen LogP contribution in [0.2, 0.25) is 0 Å². The molecular weight excluding hydrogens is 194 g/mol. The van der Waals surface area contributed by atoms with Crippen molar-refractivity contribution in [3.05, 3.63) is 28.4 Å². The standard InChI is InChI=1S/C10H11N3O2/c14-10-13-9-8(15-10)3-7(5-12-9)6-1-2-11-4-6/h3,5-6,11H,1-2,4H2,(H,12,13,14). The molecule has 0 bridgehead atoms. The summed E-state index contributed by atoms with van der Waals surface area (Å²) >= 11 is 0. The van der Waals surface area contributed by atoms with Crippen molar-refractivity contribution < 1.29 is 4.42 Å². The number of nitrogens with zero attached hydrogens (tertiary/aromatic N) is 1. The first kappa shape index (κ1) is 8.67. The van der Waals surface area contributed by atoms with Gasteiger partial charge in [-0.05, 0) is 30.5 Å². The fourth-order valence-electron chi connectivity index (χ4n) is 2.02. The average molecular weight is 205 g/mol. The summed E-state index contributed by atoms with van der Waals surface area (Å²) in [6.07, 6.45) is 2.92. The summed E-state index contributed by atoms with van der Waals surface area (Å²) in [5, 5.41) is 3.30. The lowest BCUT2D eigenvalue weighted by Gasteiger charge is -2.06. The number of aromatic nitrogens is 2. The second-order valence-corrected chi connectivity index (χ2v) is 3.82. The Morgan fingerprint density at radius 2 is 2.47 bits per heavy atom. The van der Waals surface area contributed by atoms with Crippen LogP contribution in [0.25, 0.3) is 11.2 Å². The largest absolute Gasteiger partial charge is 0.418 e. The van der Waals surface area contributed by atoms with Crippen LogP contribution < -0.4 is 11.1 Å². The molecule has 3 heterocycles. The summed E-state index contributed by atoms with van der Waals surface area (Å²) in [5.41, 5.74) is 2.20. The zero-order valence-corrected chi connectivity index (χ0v) is 8.12. The molecule has 5 heteroatoms. The number of H-pyrrole nitrogens is 1. The van der Waals surface area contributed by atoms with Gasteiger partial charge in [0.1, 0.15) is 0 Å². The summed E-state index contributed by atoms with van der Waals surface area (Å²) in [4.78, 5) is 17.6. The van der Waals surface area contributed by atoms with Crippen LogP contribution in [-0.4, -0.2) is 23.1 Å². The SMILES string of the molecule is O=c1[nH]c2ncc(C3CCNC3)cc2o1. The average Bonchev–Trinajstić information content (AvgIpc) is 2.82. The molecule has 3 rings (SSSR count). The Morgan fingerprint density at radius 1 is 1.53 bits per heavy atom. The van der Waals surface area contributed by atoms with Crippen molar-refractivity contribution >= 4 is 11.2 Å². The van der Waals surface area contributed by atoms with E-state index in [9.17, 15) is 4.79 Å². The van der Waals surface area contributed by atoms with Gasteiger partial charge >= 0.3 is 5.76 Å². The van der Waals surface area contributed by atoms with Crippen LogP contribution in [0.5, 0.6) is 0 Å². The summed E-state index contributed by atoms with van der Waals surface area (Å²) in [6.45, 7) is 2.02. The minimum absolute atomic E-state index is 0.445. The Balaban J connectivity index is 2.08. The van der Waals surface area contributed by atoms with Gasteiger partial charge in [-0.1, -0.05) is 0 Å². The molecule has 1 saturated heterocycles. The second-order valence-electron chi connectivity index (χ2n) is 3.82. The van der Waals surface area contributed by atoms with Crippen molar-refractivity contribution in [3.63, 3.8) is 0 Å². The molecule has 1 aliphatic rings. The van der Waals surface area contributed by atoms with Gasteiger partial charge in [-0.25, -0.2) is 9.78 Å². The first-order valence-corrected chi connectivity index (χ1v) is 5.02. The second kappa shape index (κ2) is 3.20. The van der Waals surface area contributed by atoms with E-state index in [4.69, 9.17) is 4.42 Å². The Hall–Kier alpha value is -1.62. The van der Waals surface area contributed by atoms with Crippen molar-refractivity contribution in [2.45, 2.75) is 12.3 Å². The predicted octanol–water partition coefficient (Wildman–Crippen LogP) is 0.593. The lowest BCUT2D eigenvalue weighted by Crippen LogP contribution is -2.08. The van der Waals surface area contributed by atoms with Crippen molar-refractivity contribution in [3.8, 4) is 0 Å². The molecule has 1 atom stereocenters. The zero-order valence-electron chi connectivity index (χ0n) is 8.12. The monoisotopic (exact) mass is 205 g/mol. The van der Waals surface area contributed by atoms with Crippen molar-refractivity contribution in [1.82, 2.24) is 15.3 Å². The molecule has 0 radical (unpaired) electrons. The van der Waals surface area contributed by atoms with Crippen molar-refractivity contribution in [1.29, 1.82) is 0 Å². The van der Waals surface area contributed by atoms with Crippen LogP contribution in [0.1, 0.15) is 17.9 Å². The molecule has 0 aromatic carbocycles. The van der Waals surface area contributed by atoms with Gasteiger partial charge in [0.2, 0.25) is 0 Å². The predicted molar refractivity (Wildman–Crippen MR) is 54.9 cm³/mol. The minimum atomic E-state index is -0.445. The Morgan fingerprint density at radius 3 is 3.27 bits per heavy atom. The van der Waals surface area contributed by atoms with Gasteiger partial charge < -0.3 is 9.73 Å². The number of oxazole rings is 1. The van der Waals surface area contributed by atoms with E-state index in [1.54, 1.807) is 0 Å². The number of hydrogen-bond acceptors (Lipinski definition) is 4. The number of pyridine rings is 1. The van der Waals surface area contributed by atoms with Crippen LogP contribution in [0, 0.1) is 0 Å². The fraction of sp³-hybridized carbons (Fsp3) is 0.400. The van der Waals surface area contributed by atoms with E-state index >= 15 is 0 Å². The van der Waals surface area contributed by atoms with E-state index in [0.29, 0.717) is 17.1 Å². The van der Waals surface area contributed by atoms with Gasteiger partial charge in [0.15, 0.2) is 11.2 Å². The van der Waals surface area contributed by atoms with Crippen LogP contribution in [0.15, 0.2) is 21.5 Å². The number of aromatic amines is 1. The molecule has 2 aromatic heterocycles. The molecule has 5 nitrogen and oxygen atoms in total. The Bertz CT molecular complexity index is 537. The molecule has 15 heavy (non-hydrogen) atoms. The number of rotatable bonds is 1. The van der Waals surface area contributed by atoms with Gasteiger partial charge in [0.05, 0.1) is 0 Å². The highest BCUT2D eigenvalue weighted by molar-refractivity contribution is 5.67. The highest BCUT2D eigenvalue weighted by Gasteiger charge is 2.17. The van der Waals surface area contributed by atoms with E-state index in [1.807, 2.05) is 12.3 Å². The van der Waals surface area contributed by atoms with Crippen LogP contribution in [-0.2, 0) is 0 Å². The van der Waals surface area contributed by atoms with Gasteiger partial charge in [-0.2, -0.15) is 0 Å². The molecule has 2 aromatic rings. The summed E-state index contributed by atoms with van der Waals surface area (Å²) in [7, 11) is 0. The van der Waals surface area contributed by atoms with Gasteiger partial charge in [0.25, 0.3) is 0 Å². The number of fused-ring (bicyclic) bond motifs is 1. The van der Waals surface area contributed by atoms with Gasteiger partial charge in [-0.3, -0.25) is 4.98 Å². The maximum absolute atomic E-state index is 10.9. The fourth-order valence-corrected chi connectivity index (χ4v) is 2.02. The summed E-state index contributed by atoms with van der Waals surface area (Å²) < 4.78 is 4.97. The molecule has 1 aliphatic heterocycles. The molecule has 1 fully saturated rings. The van der Waals surface area contributed by atoms with Gasteiger partial charge in [0, 0.05) is 12.7 Å². The topological polar surface area (TPSA) is 70.9 Å². The Labute approximate surface area is 85.5 Å². The molecule has 2 N–H and O–H groups in total. The molecule has 0 aliphatic carbocycles.